The van der Waals surface area contributed by atoms with Crippen molar-refractivity contribution < 1.29 is 58.4 Å². The molecular weight excluding hydrogens is 557 g/mol. The van der Waals surface area contributed by atoms with E-state index in [1.54, 1.807) is 24.3 Å². The highest BCUT2D eigenvalue weighted by Gasteiger charge is 2.53. The molecule has 5 rings (SSSR count). The molecule has 0 bridgehead atoms. The first-order valence-corrected chi connectivity index (χ1v) is 12.9. The number of carbonyl (C=O) groups excluding carboxylic acids is 1. The summed E-state index contributed by atoms with van der Waals surface area (Å²) in [4.78, 5) is 12.6. The second-order valence-electron chi connectivity index (χ2n) is 9.66. The normalized spacial score (nSPS) is 37.9. The van der Waals surface area contributed by atoms with E-state index in [1.807, 2.05) is 6.07 Å². The van der Waals surface area contributed by atoms with E-state index in [1.165, 1.54) is 0 Å². The minimum Gasteiger partial charge on any atom is -0.394 e. The predicted octanol–water partition coefficient (Wildman–Crippen LogP) is -0.406. The smallest absolute Gasteiger partial charge is 0.254 e. The summed E-state index contributed by atoms with van der Waals surface area (Å²) in [5.41, 5.74) is 0.604. The molecule has 1 amide bonds. The highest BCUT2D eigenvalue weighted by Crippen LogP contribution is 2.36. The van der Waals surface area contributed by atoms with Gasteiger partial charge in [0.1, 0.15) is 54.6 Å². The maximum absolute atomic E-state index is 13.3. The molecule has 3 saturated heterocycles. The molecule has 0 aliphatic carbocycles. The number of carbonyl (C=O) groups is 1. The number of benzene rings is 2. The molecule has 3 aliphatic rings. The van der Waals surface area contributed by atoms with Crippen LogP contribution in [0.5, 0.6) is 0 Å². The Morgan fingerprint density at radius 3 is 2.45 bits per heavy atom. The van der Waals surface area contributed by atoms with E-state index in [-0.39, 0.29) is 17.2 Å². The van der Waals surface area contributed by atoms with Crippen molar-refractivity contribution in [3.05, 3.63) is 70.5 Å². The van der Waals surface area contributed by atoms with Crippen LogP contribution in [0.25, 0.3) is 0 Å². The number of aliphatic hydroxyl groups is 5. The highest BCUT2D eigenvalue weighted by atomic mass is 35.5. The van der Waals surface area contributed by atoms with E-state index >= 15 is 0 Å². The van der Waals surface area contributed by atoms with Crippen LogP contribution in [0.4, 0.5) is 4.39 Å². The van der Waals surface area contributed by atoms with Gasteiger partial charge in [0.05, 0.1) is 23.8 Å². The number of nitrogens with one attached hydrogen (secondary N) is 1. The number of rotatable bonds is 6. The van der Waals surface area contributed by atoms with Crippen molar-refractivity contribution in [2.45, 2.75) is 67.6 Å². The Balaban J connectivity index is 1.24. The zero-order valence-electron chi connectivity index (χ0n) is 20.8. The van der Waals surface area contributed by atoms with Crippen LogP contribution in [0.15, 0.2) is 48.5 Å². The fraction of sp³-hybridized carbons (Fsp3) is 0.500. The van der Waals surface area contributed by atoms with Crippen LogP contribution in [0.2, 0.25) is 5.02 Å². The van der Waals surface area contributed by atoms with Crippen molar-refractivity contribution in [1.29, 1.82) is 0 Å². The molecule has 218 valence electrons. The first-order valence-electron chi connectivity index (χ1n) is 12.6. The molecule has 0 aromatic heterocycles. The predicted molar refractivity (Wildman–Crippen MR) is 132 cm³/mol. The summed E-state index contributed by atoms with van der Waals surface area (Å²) in [5.74, 6) is -1.49. The minimum atomic E-state index is -1.76. The van der Waals surface area contributed by atoms with Gasteiger partial charge in [0.2, 0.25) is 0 Å². The Hall–Kier alpha value is -2.27. The van der Waals surface area contributed by atoms with Gasteiger partial charge < -0.3 is 54.5 Å². The molecule has 40 heavy (non-hydrogen) atoms. The summed E-state index contributed by atoms with van der Waals surface area (Å²) in [6.45, 7) is -0.732. The molecule has 2 aromatic rings. The number of fused-ring (bicyclic) bond motifs is 1. The Morgan fingerprint density at radius 2 is 1.75 bits per heavy atom. The largest absolute Gasteiger partial charge is 0.394 e. The summed E-state index contributed by atoms with van der Waals surface area (Å²) in [5, 5.41) is 55.1. The van der Waals surface area contributed by atoms with Crippen molar-refractivity contribution in [2.75, 3.05) is 13.2 Å². The van der Waals surface area contributed by atoms with E-state index in [0.29, 0.717) is 5.56 Å². The zero-order valence-corrected chi connectivity index (χ0v) is 21.6. The molecule has 3 fully saturated rings. The second kappa shape index (κ2) is 12.3. The molecule has 0 radical (unpaired) electrons. The topological polar surface area (TPSA) is 176 Å². The van der Waals surface area contributed by atoms with Gasteiger partial charge in [-0.1, -0.05) is 41.9 Å². The standard InChI is InChI=1S/C26H29ClFNO11/c27-14-8-12(28)6-7-13(14)23(35)29-24-19(33)17(31)21(15(9-30)37-24)40-26-20(34)18(32)22-16(38-26)10-36-25(39-22)11-4-2-1-3-5-11/h1-8,15-22,24-26,30-34H,9-10H2,(H,29,35)/t15-,16-,17-,18-,19-,20-,21-,22-,24-,25?,26+/m1/s1. The van der Waals surface area contributed by atoms with E-state index in [4.69, 9.17) is 35.3 Å². The maximum atomic E-state index is 13.3. The van der Waals surface area contributed by atoms with Crippen molar-refractivity contribution in [1.82, 2.24) is 5.32 Å². The molecule has 11 atom stereocenters. The SMILES string of the molecule is O=C(N[C@@H]1O[C@H](CO)[C@@H](O[C@@H]2O[C@@H]3COC(c4ccccc4)O[C@H]3[C@H](O)[C@H]2O)[C@H](O)[C@H]1O)c1ccc(F)cc1Cl. The van der Waals surface area contributed by atoms with Gasteiger partial charge in [-0.2, -0.15) is 0 Å². The number of aliphatic hydroxyl groups excluding tert-OH is 5. The highest BCUT2D eigenvalue weighted by molar-refractivity contribution is 6.33. The second-order valence-corrected chi connectivity index (χ2v) is 10.1. The molecule has 14 heteroatoms. The van der Waals surface area contributed by atoms with Crippen LogP contribution < -0.4 is 5.32 Å². The number of halogens is 2. The van der Waals surface area contributed by atoms with Crippen LogP contribution in [-0.4, -0.2) is 106 Å². The summed E-state index contributed by atoms with van der Waals surface area (Å²) < 4.78 is 42.0. The molecule has 1 unspecified atom stereocenters. The number of hydrogen-bond donors (Lipinski definition) is 6. The number of hydrogen-bond acceptors (Lipinski definition) is 11. The molecular formula is C26H29ClFNO11. The van der Waals surface area contributed by atoms with Gasteiger partial charge in [-0.3, -0.25) is 4.79 Å². The number of amides is 1. The Morgan fingerprint density at radius 1 is 1.00 bits per heavy atom. The lowest BCUT2D eigenvalue weighted by molar-refractivity contribution is -0.379. The van der Waals surface area contributed by atoms with Gasteiger partial charge in [-0.15, -0.1) is 0 Å². The van der Waals surface area contributed by atoms with Crippen molar-refractivity contribution in [3.63, 3.8) is 0 Å². The van der Waals surface area contributed by atoms with Crippen molar-refractivity contribution in [3.8, 4) is 0 Å². The van der Waals surface area contributed by atoms with Crippen LogP contribution in [0.3, 0.4) is 0 Å². The molecule has 3 aliphatic heterocycles. The fourth-order valence-electron chi connectivity index (χ4n) is 4.88. The zero-order chi connectivity index (χ0) is 28.6. The molecule has 0 saturated carbocycles. The van der Waals surface area contributed by atoms with E-state index in [9.17, 15) is 34.7 Å². The summed E-state index contributed by atoms with van der Waals surface area (Å²) in [6, 6.07) is 12.1. The van der Waals surface area contributed by atoms with Crippen LogP contribution >= 0.6 is 11.6 Å². The summed E-state index contributed by atoms with van der Waals surface area (Å²) in [6.07, 6.45) is -15.0. The average molecular weight is 586 g/mol. The lowest BCUT2D eigenvalue weighted by Crippen LogP contribution is -2.67. The third kappa shape index (κ3) is 5.86. The summed E-state index contributed by atoms with van der Waals surface area (Å²) >= 11 is 5.92. The quantitative estimate of drug-likeness (QED) is 0.260. The van der Waals surface area contributed by atoms with Gasteiger partial charge in [0.15, 0.2) is 18.8 Å². The molecule has 12 nitrogen and oxygen atoms in total. The third-order valence-electron chi connectivity index (χ3n) is 7.01. The van der Waals surface area contributed by atoms with Crippen LogP contribution in [0.1, 0.15) is 22.2 Å². The van der Waals surface area contributed by atoms with Gasteiger partial charge in [-0.05, 0) is 18.2 Å². The van der Waals surface area contributed by atoms with E-state index in [2.05, 4.69) is 5.32 Å². The molecule has 6 N–H and O–H groups in total. The Bertz CT molecular complexity index is 1170. The van der Waals surface area contributed by atoms with E-state index < -0.39 is 86.0 Å². The molecule has 3 heterocycles. The van der Waals surface area contributed by atoms with E-state index in [0.717, 1.165) is 18.2 Å². The van der Waals surface area contributed by atoms with Gasteiger partial charge >= 0.3 is 0 Å². The lowest BCUT2D eigenvalue weighted by atomic mass is 9.96. The first-order chi connectivity index (χ1) is 19.2. The minimum absolute atomic E-state index is 0.0102. The van der Waals surface area contributed by atoms with Crippen LogP contribution in [0, 0.1) is 5.82 Å². The Labute approximate surface area is 232 Å². The van der Waals surface area contributed by atoms with Gasteiger partial charge in [0, 0.05) is 5.56 Å². The van der Waals surface area contributed by atoms with Crippen molar-refractivity contribution >= 4 is 17.5 Å². The summed E-state index contributed by atoms with van der Waals surface area (Å²) in [7, 11) is 0. The van der Waals surface area contributed by atoms with Gasteiger partial charge in [-0.25, -0.2) is 4.39 Å². The molecule has 2 aromatic carbocycles. The van der Waals surface area contributed by atoms with Gasteiger partial charge in [0.25, 0.3) is 5.91 Å². The fourth-order valence-corrected chi connectivity index (χ4v) is 5.13. The first kappa shape index (κ1) is 29.2. The number of ether oxygens (including phenoxy) is 5. The Kier molecular flexibility index (Phi) is 8.99. The monoisotopic (exact) mass is 585 g/mol. The van der Waals surface area contributed by atoms with Crippen molar-refractivity contribution in [2.24, 2.45) is 0 Å². The lowest BCUT2D eigenvalue weighted by Gasteiger charge is -2.48. The van der Waals surface area contributed by atoms with Crippen LogP contribution in [-0.2, 0) is 23.7 Å². The average Bonchev–Trinajstić information content (AvgIpc) is 2.95. The third-order valence-corrected chi connectivity index (χ3v) is 7.32. The maximum Gasteiger partial charge on any atom is 0.254 e. The molecule has 0 spiro atoms.